The number of hydrogen-bond donors (Lipinski definition) is 1. The van der Waals surface area contributed by atoms with Gasteiger partial charge in [0.05, 0.1) is 6.04 Å². The van der Waals surface area contributed by atoms with E-state index in [1.54, 1.807) is 0 Å². The van der Waals surface area contributed by atoms with E-state index in [-0.39, 0.29) is 0 Å². The molecule has 3 atom stereocenters. The van der Waals surface area contributed by atoms with Crippen molar-refractivity contribution in [2.75, 3.05) is 6.54 Å². The SMILES string of the molecule is CC1C=NC2CC2CN1. The minimum atomic E-state index is 0.498. The summed E-state index contributed by atoms with van der Waals surface area (Å²) in [5, 5.41) is 3.39. The summed E-state index contributed by atoms with van der Waals surface area (Å²) in [5.74, 6) is 0.867. The van der Waals surface area contributed by atoms with E-state index in [2.05, 4.69) is 17.2 Å². The molecule has 0 amide bonds. The Labute approximate surface area is 55.4 Å². The number of hydrogen-bond acceptors (Lipinski definition) is 2. The van der Waals surface area contributed by atoms with Gasteiger partial charge >= 0.3 is 0 Å². The zero-order valence-corrected chi connectivity index (χ0v) is 5.67. The lowest BCUT2D eigenvalue weighted by molar-refractivity contribution is 0.624. The van der Waals surface area contributed by atoms with Crippen LogP contribution in [0.15, 0.2) is 4.99 Å². The van der Waals surface area contributed by atoms with Crippen molar-refractivity contribution in [3.8, 4) is 0 Å². The standard InChI is InChI=1S/C7H12N2/c1-5-3-9-7-2-6(7)4-8-5/h3,5-8H,2,4H2,1H3. The number of nitrogens with one attached hydrogen (secondary N) is 1. The van der Waals surface area contributed by atoms with Gasteiger partial charge in [0, 0.05) is 18.8 Å². The van der Waals surface area contributed by atoms with Gasteiger partial charge < -0.3 is 5.32 Å². The Morgan fingerprint density at radius 1 is 1.67 bits per heavy atom. The summed E-state index contributed by atoms with van der Waals surface area (Å²) in [5.41, 5.74) is 0. The van der Waals surface area contributed by atoms with Gasteiger partial charge in [-0.05, 0) is 19.3 Å². The second-order valence-corrected chi connectivity index (χ2v) is 3.06. The molecule has 1 fully saturated rings. The molecule has 0 aromatic heterocycles. The summed E-state index contributed by atoms with van der Waals surface area (Å²) in [6.07, 6.45) is 3.36. The van der Waals surface area contributed by atoms with Crippen LogP contribution in [0.4, 0.5) is 0 Å². The molecule has 2 nitrogen and oxygen atoms in total. The van der Waals surface area contributed by atoms with E-state index in [1.165, 1.54) is 13.0 Å². The monoisotopic (exact) mass is 124 g/mol. The molecule has 1 saturated carbocycles. The minimum absolute atomic E-state index is 0.498. The Morgan fingerprint density at radius 2 is 2.56 bits per heavy atom. The Bertz CT molecular complexity index is 138. The van der Waals surface area contributed by atoms with Crippen LogP contribution in [-0.2, 0) is 0 Å². The first-order chi connectivity index (χ1) is 4.36. The first-order valence-corrected chi connectivity index (χ1v) is 3.63. The predicted molar refractivity (Wildman–Crippen MR) is 37.9 cm³/mol. The molecule has 1 aliphatic heterocycles. The minimum Gasteiger partial charge on any atom is -0.309 e. The van der Waals surface area contributed by atoms with E-state index in [9.17, 15) is 0 Å². The molecule has 0 radical (unpaired) electrons. The first-order valence-electron chi connectivity index (χ1n) is 3.63. The van der Waals surface area contributed by atoms with Gasteiger partial charge in [0.25, 0.3) is 0 Å². The number of nitrogens with zero attached hydrogens (tertiary/aromatic N) is 1. The van der Waals surface area contributed by atoms with E-state index >= 15 is 0 Å². The molecule has 1 heterocycles. The highest BCUT2D eigenvalue weighted by Crippen LogP contribution is 2.33. The maximum Gasteiger partial charge on any atom is 0.0541 e. The van der Waals surface area contributed by atoms with Crippen LogP contribution in [0.2, 0.25) is 0 Å². The van der Waals surface area contributed by atoms with Gasteiger partial charge in [0.15, 0.2) is 0 Å². The third-order valence-corrected chi connectivity index (χ3v) is 2.09. The molecular weight excluding hydrogens is 112 g/mol. The largest absolute Gasteiger partial charge is 0.309 e. The molecule has 0 spiro atoms. The van der Waals surface area contributed by atoms with E-state index in [0.717, 1.165) is 5.92 Å². The van der Waals surface area contributed by atoms with Crippen molar-refractivity contribution in [2.45, 2.75) is 25.4 Å². The van der Waals surface area contributed by atoms with Crippen molar-refractivity contribution in [1.82, 2.24) is 5.32 Å². The summed E-state index contributed by atoms with van der Waals surface area (Å²) in [6, 6.07) is 1.18. The van der Waals surface area contributed by atoms with Gasteiger partial charge in [-0.3, -0.25) is 4.99 Å². The molecule has 50 valence electrons. The van der Waals surface area contributed by atoms with Crippen LogP contribution in [0, 0.1) is 5.92 Å². The van der Waals surface area contributed by atoms with Crippen LogP contribution in [0.5, 0.6) is 0 Å². The lowest BCUT2D eigenvalue weighted by atomic mass is 10.3. The van der Waals surface area contributed by atoms with E-state index in [1.807, 2.05) is 6.21 Å². The molecular formula is C7H12N2. The summed E-state index contributed by atoms with van der Waals surface area (Å²) < 4.78 is 0. The predicted octanol–water partition coefficient (Wildman–Crippen LogP) is 0.437. The van der Waals surface area contributed by atoms with E-state index < -0.39 is 0 Å². The van der Waals surface area contributed by atoms with Gasteiger partial charge in [0.2, 0.25) is 0 Å². The molecule has 3 unspecified atom stereocenters. The Balaban J connectivity index is 2.03. The Hall–Kier alpha value is -0.370. The second kappa shape index (κ2) is 1.81. The molecule has 0 aromatic rings. The first kappa shape index (κ1) is 5.42. The molecule has 0 saturated heterocycles. The maximum absolute atomic E-state index is 4.39. The van der Waals surface area contributed by atoms with Crippen LogP contribution in [0.25, 0.3) is 0 Å². The second-order valence-electron chi connectivity index (χ2n) is 3.06. The van der Waals surface area contributed by atoms with Crippen molar-refractivity contribution < 1.29 is 0 Å². The van der Waals surface area contributed by atoms with Crippen molar-refractivity contribution >= 4 is 6.21 Å². The average Bonchev–Trinajstić information content (AvgIpc) is 2.54. The molecule has 2 rings (SSSR count). The van der Waals surface area contributed by atoms with Gasteiger partial charge in [-0.25, -0.2) is 0 Å². The molecule has 1 N–H and O–H groups in total. The Kier molecular flexibility index (Phi) is 1.09. The van der Waals surface area contributed by atoms with Crippen molar-refractivity contribution in [2.24, 2.45) is 10.9 Å². The van der Waals surface area contributed by atoms with Gasteiger partial charge in [-0.2, -0.15) is 0 Å². The van der Waals surface area contributed by atoms with Gasteiger partial charge in [0.1, 0.15) is 0 Å². The van der Waals surface area contributed by atoms with Crippen LogP contribution < -0.4 is 5.32 Å². The summed E-state index contributed by atoms with van der Waals surface area (Å²) in [6.45, 7) is 3.32. The van der Waals surface area contributed by atoms with Crippen LogP contribution >= 0.6 is 0 Å². The fraction of sp³-hybridized carbons (Fsp3) is 0.857. The zero-order valence-electron chi connectivity index (χ0n) is 5.67. The Morgan fingerprint density at radius 3 is 3.44 bits per heavy atom. The molecule has 9 heavy (non-hydrogen) atoms. The summed E-state index contributed by atoms with van der Waals surface area (Å²) in [4.78, 5) is 4.39. The third-order valence-electron chi connectivity index (χ3n) is 2.09. The number of fused-ring (bicyclic) bond motifs is 1. The highest BCUT2D eigenvalue weighted by Gasteiger charge is 2.37. The fourth-order valence-electron chi connectivity index (χ4n) is 1.26. The van der Waals surface area contributed by atoms with Crippen molar-refractivity contribution in [3.05, 3.63) is 0 Å². The average molecular weight is 124 g/mol. The summed E-state index contributed by atoms with van der Waals surface area (Å²) >= 11 is 0. The van der Waals surface area contributed by atoms with Crippen molar-refractivity contribution in [3.63, 3.8) is 0 Å². The summed E-state index contributed by atoms with van der Waals surface area (Å²) in [7, 11) is 0. The highest BCUT2D eigenvalue weighted by atomic mass is 15.0. The van der Waals surface area contributed by atoms with Crippen LogP contribution in [-0.4, -0.2) is 24.8 Å². The normalized spacial score (nSPS) is 47.9. The molecule has 1 aliphatic carbocycles. The highest BCUT2D eigenvalue weighted by molar-refractivity contribution is 5.64. The zero-order chi connectivity index (χ0) is 6.27. The number of aliphatic imine (C=N–C) groups is 1. The maximum atomic E-state index is 4.39. The number of rotatable bonds is 0. The van der Waals surface area contributed by atoms with Gasteiger partial charge in [-0.1, -0.05) is 0 Å². The molecule has 2 aliphatic rings. The lowest BCUT2D eigenvalue weighted by Crippen LogP contribution is -2.27. The third kappa shape index (κ3) is 0.990. The van der Waals surface area contributed by atoms with Crippen LogP contribution in [0.3, 0.4) is 0 Å². The fourth-order valence-corrected chi connectivity index (χ4v) is 1.26. The van der Waals surface area contributed by atoms with E-state index in [4.69, 9.17) is 0 Å². The smallest absolute Gasteiger partial charge is 0.0541 e. The molecule has 0 aromatic carbocycles. The molecule has 2 heteroatoms. The topological polar surface area (TPSA) is 24.4 Å². The van der Waals surface area contributed by atoms with Gasteiger partial charge in [-0.15, -0.1) is 0 Å². The molecule has 0 bridgehead atoms. The van der Waals surface area contributed by atoms with E-state index in [0.29, 0.717) is 12.1 Å². The lowest BCUT2D eigenvalue weighted by Gasteiger charge is -2.03. The van der Waals surface area contributed by atoms with Crippen molar-refractivity contribution in [1.29, 1.82) is 0 Å². The van der Waals surface area contributed by atoms with Crippen LogP contribution in [0.1, 0.15) is 13.3 Å². The quantitative estimate of drug-likeness (QED) is 0.498.